The lowest BCUT2D eigenvalue weighted by Crippen LogP contribution is -2.27. The molecule has 1 aliphatic rings. The van der Waals surface area contributed by atoms with Gasteiger partial charge in [0.1, 0.15) is 0 Å². The SMILES string of the molecule is COc1ccc(Cc2nc(-c3ccc(S(=O)(=O)N4CCCC4)cc3)cs2)cc1OC. The molecule has 0 saturated carbocycles. The summed E-state index contributed by atoms with van der Waals surface area (Å²) in [7, 11) is -0.153. The Morgan fingerprint density at radius 1 is 1.00 bits per heavy atom. The van der Waals surface area contributed by atoms with Crippen LogP contribution in [0.5, 0.6) is 11.5 Å². The highest BCUT2D eigenvalue weighted by Crippen LogP contribution is 2.30. The van der Waals surface area contributed by atoms with E-state index in [0.29, 0.717) is 35.9 Å². The molecule has 0 bridgehead atoms. The fourth-order valence-electron chi connectivity index (χ4n) is 3.57. The van der Waals surface area contributed by atoms with Crippen LogP contribution in [0.3, 0.4) is 0 Å². The van der Waals surface area contributed by atoms with Crippen molar-refractivity contribution in [3.8, 4) is 22.8 Å². The van der Waals surface area contributed by atoms with Gasteiger partial charge in [0.25, 0.3) is 0 Å². The summed E-state index contributed by atoms with van der Waals surface area (Å²) in [4.78, 5) is 5.07. The molecule has 0 radical (unpaired) electrons. The zero-order chi connectivity index (χ0) is 21.1. The standard InChI is InChI=1S/C22H24N2O4S2/c1-27-20-10-5-16(13-21(20)28-2)14-22-23-19(15-29-22)17-6-8-18(9-7-17)30(25,26)24-11-3-4-12-24/h5-10,13,15H,3-4,11-12,14H2,1-2H3. The summed E-state index contributed by atoms with van der Waals surface area (Å²) in [6.45, 7) is 1.21. The van der Waals surface area contributed by atoms with Gasteiger partial charge in [-0.1, -0.05) is 18.2 Å². The third kappa shape index (κ3) is 4.21. The summed E-state index contributed by atoms with van der Waals surface area (Å²) < 4.78 is 37.6. The lowest BCUT2D eigenvalue weighted by molar-refractivity contribution is 0.354. The van der Waals surface area contributed by atoms with Gasteiger partial charge in [0.15, 0.2) is 11.5 Å². The van der Waals surface area contributed by atoms with Crippen LogP contribution in [0.4, 0.5) is 0 Å². The van der Waals surface area contributed by atoms with E-state index in [-0.39, 0.29) is 0 Å². The van der Waals surface area contributed by atoms with E-state index < -0.39 is 10.0 Å². The number of nitrogens with zero attached hydrogens (tertiary/aromatic N) is 2. The van der Waals surface area contributed by atoms with E-state index >= 15 is 0 Å². The molecule has 0 N–H and O–H groups in total. The summed E-state index contributed by atoms with van der Waals surface area (Å²) in [6, 6.07) is 12.9. The summed E-state index contributed by atoms with van der Waals surface area (Å²) in [5, 5.41) is 2.98. The molecular weight excluding hydrogens is 420 g/mol. The van der Waals surface area contributed by atoms with Crippen molar-refractivity contribution >= 4 is 21.4 Å². The second-order valence-corrected chi connectivity index (χ2v) is 10.0. The van der Waals surface area contributed by atoms with Gasteiger partial charge < -0.3 is 9.47 Å². The van der Waals surface area contributed by atoms with Crippen molar-refractivity contribution in [3.63, 3.8) is 0 Å². The molecule has 0 aliphatic carbocycles. The van der Waals surface area contributed by atoms with E-state index in [9.17, 15) is 8.42 Å². The molecule has 30 heavy (non-hydrogen) atoms. The predicted molar refractivity (Wildman–Crippen MR) is 118 cm³/mol. The Bertz CT molecular complexity index is 1120. The smallest absolute Gasteiger partial charge is 0.243 e. The lowest BCUT2D eigenvalue weighted by atomic mass is 10.1. The number of sulfonamides is 1. The second-order valence-electron chi connectivity index (χ2n) is 7.13. The topological polar surface area (TPSA) is 68.7 Å². The Hall–Kier alpha value is -2.42. The first kappa shape index (κ1) is 20.8. The monoisotopic (exact) mass is 444 g/mol. The number of methoxy groups -OCH3 is 2. The maximum absolute atomic E-state index is 12.7. The van der Waals surface area contributed by atoms with Crippen LogP contribution in [-0.2, 0) is 16.4 Å². The molecule has 6 nitrogen and oxygen atoms in total. The second kappa shape index (κ2) is 8.75. The van der Waals surface area contributed by atoms with E-state index in [1.165, 1.54) is 0 Å². The molecule has 0 spiro atoms. The minimum absolute atomic E-state index is 0.342. The molecule has 0 amide bonds. The fourth-order valence-corrected chi connectivity index (χ4v) is 5.92. The van der Waals surface area contributed by atoms with Crippen molar-refractivity contribution in [2.45, 2.75) is 24.2 Å². The van der Waals surface area contributed by atoms with E-state index in [4.69, 9.17) is 14.5 Å². The highest BCUT2D eigenvalue weighted by molar-refractivity contribution is 7.89. The van der Waals surface area contributed by atoms with Crippen LogP contribution in [0.1, 0.15) is 23.4 Å². The first-order valence-electron chi connectivity index (χ1n) is 9.77. The summed E-state index contributed by atoms with van der Waals surface area (Å²) in [5.74, 6) is 1.40. The van der Waals surface area contributed by atoms with E-state index in [1.807, 2.05) is 35.7 Å². The molecular formula is C22H24N2O4S2. The molecule has 2 heterocycles. The normalized spacial score (nSPS) is 14.7. The quantitative estimate of drug-likeness (QED) is 0.546. The molecule has 0 unspecified atom stereocenters. The van der Waals surface area contributed by atoms with Crippen LogP contribution in [0.2, 0.25) is 0 Å². The third-order valence-corrected chi connectivity index (χ3v) is 7.97. The number of hydrogen-bond donors (Lipinski definition) is 0. The Labute approximate surface area is 181 Å². The molecule has 1 aromatic heterocycles. The maximum atomic E-state index is 12.7. The third-order valence-electron chi connectivity index (χ3n) is 5.21. The lowest BCUT2D eigenvalue weighted by Gasteiger charge is -2.15. The Morgan fingerprint density at radius 2 is 1.70 bits per heavy atom. The summed E-state index contributed by atoms with van der Waals surface area (Å²) >= 11 is 1.58. The van der Waals surface area contributed by atoms with Gasteiger partial charge in [-0.05, 0) is 42.7 Å². The first-order valence-corrected chi connectivity index (χ1v) is 12.1. The summed E-state index contributed by atoms with van der Waals surface area (Å²) in [6.07, 6.45) is 2.55. The predicted octanol–water partition coefficient (Wildman–Crippen LogP) is 4.20. The largest absolute Gasteiger partial charge is 0.493 e. The number of aromatic nitrogens is 1. The van der Waals surface area contributed by atoms with Gasteiger partial charge in [-0.2, -0.15) is 4.31 Å². The summed E-state index contributed by atoms with van der Waals surface area (Å²) in [5.41, 5.74) is 2.84. The van der Waals surface area contributed by atoms with Gasteiger partial charge in [0.05, 0.1) is 29.8 Å². The van der Waals surface area contributed by atoms with E-state index in [1.54, 1.807) is 42.0 Å². The highest BCUT2D eigenvalue weighted by Gasteiger charge is 2.27. The van der Waals surface area contributed by atoms with Crippen LogP contribution >= 0.6 is 11.3 Å². The first-order chi connectivity index (χ1) is 14.5. The van der Waals surface area contributed by atoms with Crippen molar-refractivity contribution < 1.29 is 17.9 Å². The van der Waals surface area contributed by atoms with Crippen molar-refractivity contribution in [3.05, 3.63) is 58.4 Å². The average Bonchev–Trinajstić information content (AvgIpc) is 3.46. The zero-order valence-corrected chi connectivity index (χ0v) is 18.6. The van der Waals surface area contributed by atoms with Gasteiger partial charge in [0.2, 0.25) is 10.0 Å². The van der Waals surface area contributed by atoms with Crippen molar-refractivity contribution in [2.24, 2.45) is 0 Å². The minimum atomic E-state index is -3.39. The van der Waals surface area contributed by atoms with Gasteiger partial charge in [-0.25, -0.2) is 13.4 Å². The Kier molecular flexibility index (Phi) is 6.08. The number of benzene rings is 2. The van der Waals surface area contributed by atoms with Gasteiger partial charge in [-0.15, -0.1) is 11.3 Å². The van der Waals surface area contributed by atoms with Crippen LogP contribution in [-0.4, -0.2) is 45.0 Å². The molecule has 1 saturated heterocycles. The van der Waals surface area contributed by atoms with Gasteiger partial charge in [-0.3, -0.25) is 0 Å². The molecule has 3 aromatic rings. The molecule has 2 aromatic carbocycles. The molecule has 0 atom stereocenters. The highest BCUT2D eigenvalue weighted by atomic mass is 32.2. The molecule has 4 rings (SSSR count). The van der Waals surface area contributed by atoms with E-state index in [2.05, 4.69) is 0 Å². The average molecular weight is 445 g/mol. The Morgan fingerprint density at radius 3 is 2.37 bits per heavy atom. The van der Waals surface area contributed by atoms with E-state index in [0.717, 1.165) is 34.7 Å². The van der Waals surface area contributed by atoms with Crippen LogP contribution < -0.4 is 9.47 Å². The fraction of sp³-hybridized carbons (Fsp3) is 0.318. The molecule has 1 fully saturated rings. The van der Waals surface area contributed by atoms with Crippen LogP contribution in [0.25, 0.3) is 11.3 Å². The number of hydrogen-bond acceptors (Lipinski definition) is 6. The zero-order valence-electron chi connectivity index (χ0n) is 17.0. The van der Waals surface area contributed by atoms with Gasteiger partial charge in [0, 0.05) is 30.5 Å². The van der Waals surface area contributed by atoms with Crippen molar-refractivity contribution in [1.29, 1.82) is 0 Å². The molecule has 158 valence electrons. The van der Waals surface area contributed by atoms with Crippen molar-refractivity contribution in [1.82, 2.24) is 9.29 Å². The minimum Gasteiger partial charge on any atom is -0.493 e. The maximum Gasteiger partial charge on any atom is 0.243 e. The van der Waals surface area contributed by atoms with Crippen LogP contribution in [0.15, 0.2) is 52.7 Å². The number of rotatable bonds is 7. The molecule has 8 heteroatoms. The van der Waals surface area contributed by atoms with Crippen LogP contribution in [0, 0.1) is 0 Å². The number of ether oxygens (including phenoxy) is 2. The molecule has 1 aliphatic heterocycles. The van der Waals surface area contributed by atoms with Crippen molar-refractivity contribution in [2.75, 3.05) is 27.3 Å². The van der Waals surface area contributed by atoms with Gasteiger partial charge >= 0.3 is 0 Å². The Balaban J connectivity index is 1.50. The number of thiazole rings is 1.